The molecule has 2 aromatic rings. The lowest BCUT2D eigenvalue weighted by Crippen LogP contribution is -1.85. The van der Waals surface area contributed by atoms with Crippen LogP contribution in [0.3, 0.4) is 0 Å². The van der Waals surface area contributed by atoms with Gasteiger partial charge in [-0.3, -0.25) is 0 Å². The van der Waals surface area contributed by atoms with E-state index in [-0.39, 0.29) is 11.0 Å². The maximum Gasteiger partial charge on any atom is 0.0280 e. The topological polar surface area (TPSA) is 0 Å². The van der Waals surface area contributed by atoms with Crippen molar-refractivity contribution in [1.82, 2.24) is 0 Å². The summed E-state index contributed by atoms with van der Waals surface area (Å²) in [6.07, 6.45) is 0. The first-order chi connectivity index (χ1) is 7.77. The average molecular weight is 234 g/mol. The number of aryl methyl sites for hydroxylation is 1. The summed E-state index contributed by atoms with van der Waals surface area (Å²) in [5.41, 5.74) is 4.73. The first kappa shape index (κ1) is 13.3. The highest BCUT2D eigenvalue weighted by atomic mass is 28.1. The van der Waals surface area contributed by atoms with E-state index < -0.39 is 0 Å². The minimum Gasteiger partial charge on any atom is -0.0622 e. The molecule has 0 atom stereocenters. The summed E-state index contributed by atoms with van der Waals surface area (Å²) in [4.78, 5) is 0. The summed E-state index contributed by atoms with van der Waals surface area (Å²) < 4.78 is 0. The van der Waals surface area contributed by atoms with Crippen LogP contribution in [-0.2, 0) is 0 Å². The Bertz CT molecular complexity index is 545. The van der Waals surface area contributed by atoms with Crippen molar-refractivity contribution in [2.75, 3.05) is 0 Å². The van der Waals surface area contributed by atoms with Gasteiger partial charge in [0.25, 0.3) is 0 Å². The van der Waals surface area contributed by atoms with Crippen molar-refractivity contribution in [1.29, 1.82) is 0 Å². The zero-order chi connectivity index (χ0) is 11.4. The summed E-state index contributed by atoms with van der Waals surface area (Å²) in [5.74, 6) is 6.40. The van der Waals surface area contributed by atoms with E-state index >= 15 is 0 Å². The van der Waals surface area contributed by atoms with Crippen LogP contribution >= 0.6 is 0 Å². The highest BCUT2D eigenvalue weighted by Crippen LogP contribution is 2.11. The van der Waals surface area contributed by atoms with Crippen molar-refractivity contribution in [3.05, 3.63) is 70.8 Å². The van der Waals surface area contributed by atoms with Gasteiger partial charge in [0.05, 0.1) is 0 Å². The Morgan fingerprint density at radius 2 is 1.47 bits per heavy atom. The van der Waals surface area contributed by atoms with E-state index in [9.17, 15) is 0 Å². The normalized spacial score (nSPS) is 8.82. The molecule has 0 saturated carbocycles. The van der Waals surface area contributed by atoms with Gasteiger partial charge in [0.2, 0.25) is 0 Å². The number of rotatable bonds is 0. The van der Waals surface area contributed by atoms with Crippen LogP contribution < -0.4 is 0 Å². The minimum absolute atomic E-state index is 0. The highest BCUT2D eigenvalue weighted by Gasteiger charge is 1.96. The molecule has 82 valence electrons. The molecule has 0 N–H and O–H groups in total. The first-order valence-electron chi connectivity index (χ1n) is 5.40. The molecule has 0 amide bonds. The molecular weight excluding hydrogens is 220 g/mol. The fourth-order valence-electron chi connectivity index (χ4n) is 1.55. The van der Waals surface area contributed by atoms with Crippen LogP contribution in [0.5, 0.6) is 0 Å². The lowest BCUT2D eigenvalue weighted by Gasteiger charge is -2.01. The van der Waals surface area contributed by atoms with Crippen molar-refractivity contribution < 1.29 is 0 Å². The molecule has 0 bridgehead atoms. The van der Waals surface area contributed by atoms with Gasteiger partial charge in [0, 0.05) is 22.1 Å². The summed E-state index contributed by atoms with van der Waals surface area (Å²) in [7, 11) is 0. The van der Waals surface area contributed by atoms with Gasteiger partial charge in [-0.05, 0) is 43.2 Å². The molecule has 17 heavy (non-hydrogen) atoms. The molecule has 0 unspecified atom stereocenters. The van der Waals surface area contributed by atoms with Gasteiger partial charge in [0.15, 0.2) is 0 Å². The Balaban J connectivity index is 0.00000144. The van der Waals surface area contributed by atoms with Crippen molar-refractivity contribution >= 4 is 11.0 Å². The van der Waals surface area contributed by atoms with Gasteiger partial charge >= 0.3 is 0 Å². The van der Waals surface area contributed by atoms with Crippen LogP contribution in [0.15, 0.2) is 48.5 Å². The molecule has 0 heterocycles. The van der Waals surface area contributed by atoms with Gasteiger partial charge < -0.3 is 0 Å². The van der Waals surface area contributed by atoms with Gasteiger partial charge in [-0.15, -0.1) is 0 Å². The summed E-state index contributed by atoms with van der Waals surface area (Å²) in [5, 5.41) is 0. The van der Waals surface area contributed by atoms with E-state index in [0.717, 1.165) is 11.1 Å². The molecule has 0 spiro atoms. The SMILES string of the molecule is Cc1cccc(C#Cc2ccccc2)c1C.[Si]. The molecular formula is C16H14Si. The third-order valence-corrected chi connectivity index (χ3v) is 2.72. The van der Waals surface area contributed by atoms with E-state index in [1.807, 2.05) is 30.3 Å². The molecule has 0 nitrogen and oxygen atoms in total. The van der Waals surface area contributed by atoms with E-state index in [2.05, 4.69) is 43.9 Å². The summed E-state index contributed by atoms with van der Waals surface area (Å²) >= 11 is 0. The molecule has 2 rings (SSSR count). The van der Waals surface area contributed by atoms with Crippen LogP contribution in [0.25, 0.3) is 0 Å². The second kappa shape index (κ2) is 6.08. The molecule has 0 fully saturated rings. The van der Waals surface area contributed by atoms with Gasteiger partial charge in [-0.25, -0.2) is 0 Å². The van der Waals surface area contributed by atoms with Crippen molar-refractivity contribution in [3.8, 4) is 11.8 Å². The fourth-order valence-corrected chi connectivity index (χ4v) is 1.55. The van der Waals surface area contributed by atoms with Crippen LogP contribution in [0.4, 0.5) is 0 Å². The molecule has 1 heteroatoms. The van der Waals surface area contributed by atoms with E-state index in [1.165, 1.54) is 11.1 Å². The standard InChI is InChI=1S/C16H14.Si/c1-13-7-6-10-16(14(13)2)12-11-15-8-4-3-5-9-15;/h3-10H,1-2H3;. The molecule has 0 aliphatic rings. The third kappa shape index (κ3) is 3.34. The zero-order valence-electron chi connectivity index (χ0n) is 10.1. The largest absolute Gasteiger partial charge is 0.0622 e. The van der Waals surface area contributed by atoms with E-state index in [0.29, 0.717) is 0 Å². The lowest BCUT2D eigenvalue weighted by atomic mass is 10.0. The van der Waals surface area contributed by atoms with Crippen molar-refractivity contribution in [2.45, 2.75) is 13.8 Å². The van der Waals surface area contributed by atoms with E-state index in [4.69, 9.17) is 0 Å². The Labute approximate surface area is 108 Å². The predicted octanol–water partition coefficient (Wildman–Crippen LogP) is 3.32. The Kier molecular flexibility index (Phi) is 4.75. The van der Waals surface area contributed by atoms with Crippen LogP contribution in [-0.4, -0.2) is 11.0 Å². The second-order valence-corrected chi connectivity index (χ2v) is 3.86. The Hall–Kier alpha value is -1.78. The van der Waals surface area contributed by atoms with Gasteiger partial charge in [-0.2, -0.15) is 0 Å². The molecule has 0 aromatic heterocycles. The monoisotopic (exact) mass is 234 g/mol. The second-order valence-electron chi connectivity index (χ2n) is 3.86. The van der Waals surface area contributed by atoms with Crippen LogP contribution in [0, 0.1) is 25.7 Å². The quantitative estimate of drug-likeness (QED) is 0.484. The zero-order valence-corrected chi connectivity index (χ0v) is 11.1. The summed E-state index contributed by atoms with van der Waals surface area (Å²) in [6, 6.07) is 16.3. The minimum atomic E-state index is 0. The number of hydrogen-bond acceptors (Lipinski definition) is 0. The smallest absolute Gasteiger partial charge is 0.0280 e. The maximum atomic E-state index is 3.22. The Morgan fingerprint density at radius 1 is 0.765 bits per heavy atom. The fraction of sp³-hybridized carbons (Fsp3) is 0.125. The number of hydrogen-bond donors (Lipinski definition) is 0. The van der Waals surface area contributed by atoms with Gasteiger partial charge in [0.1, 0.15) is 0 Å². The van der Waals surface area contributed by atoms with Crippen LogP contribution in [0.2, 0.25) is 0 Å². The third-order valence-electron chi connectivity index (χ3n) is 2.72. The van der Waals surface area contributed by atoms with Crippen LogP contribution in [0.1, 0.15) is 22.3 Å². The lowest BCUT2D eigenvalue weighted by molar-refractivity contribution is 1.32. The van der Waals surface area contributed by atoms with Crippen molar-refractivity contribution in [3.63, 3.8) is 0 Å². The average Bonchev–Trinajstić information content (AvgIpc) is 2.32. The molecule has 0 saturated heterocycles. The molecule has 0 aliphatic heterocycles. The number of benzene rings is 2. The molecule has 2 aromatic carbocycles. The molecule has 0 aliphatic carbocycles. The highest BCUT2D eigenvalue weighted by molar-refractivity contribution is 5.75. The molecule has 4 radical (unpaired) electrons. The Morgan fingerprint density at radius 3 is 2.18 bits per heavy atom. The van der Waals surface area contributed by atoms with Gasteiger partial charge in [-0.1, -0.05) is 42.2 Å². The van der Waals surface area contributed by atoms with E-state index in [1.54, 1.807) is 0 Å². The van der Waals surface area contributed by atoms with Crippen molar-refractivity contribution in [2.24, 2.45) is 0 Å². The first-order valence-corrected chi connectivity index (χ1v) is 5.40. The predicted molar refractivity (Wildman–Crippen MR) is 74.1 cm³/mol. The maximum absolute atomic E-state index is 3.22. The summed E-state index contributed by atoms with van der Waals surface area (Å²) in [6.45, 7) is 4.23.